The van der Waals surface area contributed by atoms with Crippen molar-refractivity contribution in [1.82, 2.24) is 68.8 Å². The minimum absolute atomic E-state index is 0.00324. The van der Waals surface area contributed by atoms with Crippen molar-refractivity contribution in [2.24, 2.45) is 28.3 Å². The number of carbonyl (C=O) groups is 13. The molecule has 5 rings (SSSR count). The van der Waals surface area contributed by atoms with Crippen molar-refractivity contribution in [2.45, 2.75) is 159 Å². The summed E-state index contributed by atoms with van der Waals surface area (Å²) in [7, 11) is 1.31. The molecule has 0 aliphatic heterocycles. The number of aliphatic hydroxyl groups excluding tert-OH is 2. The number of aromatic hydroxyl groups is 1. The molecule has 37 nitrogen and oxygen atoms in total. The van der Waals surface area contributed by atoms with Crippen molar-refractivity contribution in [3.8, 4) is 5.75 Å². The molecule has 9 atom stereocenters. The molecule has 1 aliphatic rings. The molecule has 0 spiro atoms. The number of fused-ring (bicyclic) bond motifs is 1. The molecule has 0 unspecified atom stereocenters. The number of nitrogens with zero attached hydrogens (tertiary/aromatic N) is 1. The largest absolute Gasteiger partial charge is 0.508 e. The predicted molar refractivity (Wildman–Crippen MR) is 407 cm³/mol. The van der Waals surface area contributed by atoms with Crippen molar-refractivity contribution in [1.29, 1.82) is 0 Å². The lowest BCUT2D eigenvalue weighted by Gasteiger charge is -2.30. The van der Waals surface area contributed by atoms with Gasteiger partial charge in [0.2, 0.25) is 70.9 Å². The van der Waals surface area contributed by atoms with E-state index in [4.69, 9.17) is 30.4 Å². The number of rotatable bonds is 52. The summed E-state index contributed by atoms with van der Waals surface area (Å²) in [5.41, 5.74) is 13.4. The second-order valence-corrected chi connectivity index (χ2v) is 27.3. The second kappa shape index (κ2) is 50.1. The molecule has 1 fully saturated rings. The zero-order chi connectivity index (χ0) is 81.9. The molecule has 12 amide bonds. The van der Waals surface area contributed by atoms with Crippen LogP contribution in [-0.4, -0.2) is 255 Å². The standard InChI is InChI=1S/C75H110N16O21/c1-45(2)34-55(68(102)89-59(72(106)90-61(41-92)66(100)78-4)38-50-40-82-53-19-12-11-18-52(50)53)85-69(103)58(37-49-21-23-51(95)24-22-49)86-67(101)54(20-13-25-81-75(76)77)84-74(108)62(42-93)91-71(105)57(36-48-16-9-6-10-17-48)87-70(104)56(35-47-14-7-5-8-15-47)88-73(107)60(39-65(98)99)83-64(97)44-112-43-63(96)80-27-29-110-31-33-111-32-30-109-28-26-79-46(3)94/h6,9-12,16-19,21-24,40,45,47,54-62,82,92-93,95H,5,7-8,13-15,20,25-39,41-44H2,1-4H3,(H,78,100)(H,79,94)(H,80,96)(H,83,97)(H,84,108)(H,85,103)(H,86,101)(H,87,104)(H,88,107)(H,89,102)(H,90,106)(H,91,105)(H,98,99)(H4,76,77,81)/t54-,55+,56+,57+,58+,59+,60+,61+,62-/m1/s1. The van der Waals surface area contributed by atoms with Gasteiger partial charge in [-0.2, -0.15) is 0 Å². The normalized spacial score (nSPS) is 14.5. The number of phenols is 1. The quantitative estimate of drug-likeness (QED) is 0.0118. The van der Waals surface area contributed by atoms with Crippen molar-refractivity contribution in [3.63, 3.8) is 0 Å². The molecule has 0 radical (unpaired) electrons. The van der Waals surface area contributed by atoms with Gasteiger partial charge >= 0.3 is 5.97 Å². The summed E-state index contributed by atoms with van der Waals surface area (Å²) < 4.78 is 21.4. The Bertz CT molecular complexity index is 3720. The number of benzene rings is 3. The molecule has 1 saturated carbocycles. The highest BCUT2D eigenvalue weighted by Gasteiger charge is 2.37. The lowest BCUT2D eigenvalue weighted by Crippen LogP contribution is -2.61. The SMILES string of the molecule is CNC(=O)[C@H](CO)NC(=O)[C@H](Cc1c[nH]c2ccccc12)NC(=O)[C@H](CC(C)C)NC(=O)[C@H](Cc1ccc(O)cc1)NC(=O)[C@@H](CCCN=C(N)N)NC(=O)[C@@H](CO)NC(=O)[C@H](Cc1ccccc1)NC(=O)[C@H](CC1CCCCC1)NC(=O)[C@H](CC(=O)O)NC(=O)COCC(=O)NCCOCCOCCOCCNC(C)=O. The maximum Gasteiger partial charge on any atom is 0.305 e. The van der Waals surface area contributed by atoms with Gasteiger partial charge in [0.1, 0.15) is 73.3 Å². The van der Waals surface area contributed by atoms with Crippen molar-refractivity contribution in [3.05, 3.63) is 102 Å². The first-order valence-electron chi connectivity index (χ1n) is 37.3. The number of phenolic OH excluding ortho intramolecular Hbond substituents is 1. The number of likely N-dealkylation sites (N-methyl/N-ethyl adjacent to an activating group) is 1. The molecule has 1 aromatic heterocycles. The Hall–Kier alpha value is -10.9. The van der Waals surface area contributed by atoms with Gasteiger partial charge in [0.05, 0.1) is 59.3 Å². The first-order valence-corrected chi connectivity index (χ1v) is 37.3. The number of hydrogen-bond donors (Lipinski definition) is 19. The van der Waals surface area contributed by atoms with Gasteiger partial charge in [-0.3, -0.25) is 67.3 Å². The number of guanidine groups is 1. The number of H-pyrrole nitrogens is 1. The summed E-state index contributed by atoms with van der Waals surface area (Å²) in [4.78, 5) is 185. The van der Waals surface area contributed by atoms with Gasteiger partial charge < -0.3 is 120 Å². The molecule has 1 aliphatic carbocycles. The minimum Gasteiger partial charge on any atom is -0.508 e. The van der Waals surface area contributed by atoms with E-state index in [1.807, 2.05) is 6.07 Å². The number of aromatic amines is 1. The summed E-state index contributed by atoms with van der Waals surface area (Å²) >= 11 is 0. The highest BCUT2D eigenvalue weighted by Crippen LogP contribution is 2.28. The number of amides is 12. The van der Waals surface area contributed by atoms with Crippen molar-refractivity contribution >= 4 is 93.7 Å². The van der Waals surface area contributed by atoms with Gasteiger partial charge in [0.15, 0.2) is 5.96 Å². The zero-order valence-electron chi connectivity index (χ0n) is 63.6. The van der Waals surface area contributed by atoms with Gasteiger partial charge in [0.25, 0.3) is 0 Å². The van der Waals surface area contributed by atoms with Crippen LogP contribution < -0.4 is 75.3 Å². The summed E-state index contributed by atoms with van der Waals surface area (Å²) in [6.07, 6.45) is 3.58. The van der Waals surface area contributed by atoms with E-state index in [2.05, 4.69) is 73.8 Å². The molecule has 0 bridgehead atoms. The van der Waals surface area contributed by atoms with E-state index in [1.54, 1.807) is 68.6 Å². The molecule has 0 saturated heterocycles. The third kappa shape index (κ3) is 34.6. The van der Waals surface area contributed by atoms with Gasteiger partial charge in [-0.25, -0.2) is 0 Å². The van der Waals surface area contributed by atoms with Crippen LogP contribution in [-0.2, 0) is 101 Å². The van der Waals surface area contributed by atoms with E-state index in [9.17, 15) is 82.8 Å². The maximum absolute atomic E-state index is 14.9. The first kappa shape index (κ1) is 91.7. The molecular formula is C75H110N16O21. The molecule has 1 heterocycles. The fraction of sp³-hybridized carbons (Fsp3) is 0.547. The fourth-order valence-corrected chi connectivity index (χ4v) is 12.1. The van der Waals surface area contributed by atoms with Crippen LogP contribution in [0, 0.1) is 11.8 Å². The number of hydrogen-bond acceptors (Lipinski definition) is 21. The van der Waals surface area contributed by atoms with Crippen molar-refractivity contribution < 1.29 is 102 Å². The first-order chi connectivity index (χ1) is 53.7. The Kier molecular flexibility index (Phi) is 41.1. The third-order valence-electron chi connectivity index (χ3n) is 17.8. The van der Waals surface area contributed by atoms with E-state index in [0.29, 0.717) is 55.9 Å². The molecule has 37 heteroatoms. The summed E-state index contributed by atoms with van der Waals surface area (Å²) in [6, 6.07) is 7.08. The van der Waals surface area contributed by atoms with Gasteiger partial charge in [-0.05, 0) is 72.4 Å². The predicted octanol–water partition coefficient (Wildman–Crippen LogP) is -3.14. The number of carboxylic acids is 1. The zero-order valence-corrected chi connectivity index (χ0v) is 63.6. The Morgan fingerprint density at radius 3 is 1.56 bits per heavy atom. The fourth-order valence-electron chi connectivity index (χ4n) is 12.1. The van der Waals surface area contributed by atoms with Crippen LogP contribution in [0.3, 0.4) is 0 Å². The lowest BCUT2D eigenvalue weighted by molar-refractivity contribution is -0.141. The Labute approximate surface area is 648 Å². The molecule has 3 aromatic carbocycles. The van der Waals surface area contributed by atoms with Crippen LogP contribution in [0.4, 0.5) is 0 Å². The molecule has 112 heavy (non-hydrogen) atoms. The summed E-state index contributed by atoms with van der Waals surface area (Å²) in [5.74, 6) is -12.6. The summed E-state index contributed by atoms with van der Waals surface area (Å²) in [6.45, 7) is 3.60. The monoisotopic (exact) mass is 1570 g/mol. The molecule has 21 N–H and O–H groups in total. The number of carbonyl (C=O) groups excluding carboxylic acids is 12. The Balaban J connectivity index is 1.32. The minimum atomic E-state index is -1.86. The van der Waals surface area contributed by atoms with E-state index in [0.717, 1.165) is 30.2 Å². The van der Waals surface area contributed by atoms with Crippen LogP contribution in [0.5, 0.6) is 5.75 Å². The average Bonchev–Trinajstić information content (AvgIpc) is 1.60. The number of nitrogens with one attached hydrogen (secondary N) is 13. The van der Waals surface area contributed by atoms with Gasteiger partial charge in [-0.15, -0.1) is 0 Å². The van der Waals surface area contributed by atoms with Gasteiger partial charge in [0, 0.05) is 70.0 Å². The number of ether oxygens (including phenoxy) is 4. The number of aromatic nitrogens is 1. The number of para-hydroxylation sites is 1. The smallest absolute Gasteiger partial charge is 0.305 e. The van der Waals surface area contributed by atoms with Crippen LogP contribution >= 0.6 is 0 Å². The Morgan fingerprint density at radius 1 is 0.518 bits per heavy atom. The summed E-state index contributed by atoms with van der Waals surface area (Å²) in [5, 5.41) is 72.5. The second-order valence-electron chi connectivity index (χ2n) is 27.3. The maximum atomic E-state index is 14.9. The van der Waals surface area contributed by atoms with Crippen LogP contribution in [0.2, 0.25) is 0 Å². The van der Waals surface area contributed by atoms with Crippen LogP contribution in [0.15, 0.2) is 90.1 Å². The highest BCUT2D eigenvalue weighted by molar-refractivity contribution is 5.99. The van der Waals surface area contributed by atoms with Crippen LogP contribution in [0.1, 0.15) is 102 Å². The molecule has 616 valence electrons. The molecular weight excluding hydrogens is 1460 g/mol. The van der Waals surface area contributed by atoms with E-state index >= 15 is 0 Å². The van der Waals surface area contributed by atoms with E-state index < -0.39 is 158 Å². The lowest BCUT2D eigenvalue weighted by atomic mass is 9.84. The molecule has 4 aromatic rings. The van der Waals surface area contributed by atoms with Crippen molar-refractivity contribution in [2.75, 3.05) is 92.8 Å². The number of aliphatic hydroxyl groups is 2. The number of aliphatic imine (C=N–C) groups is 1. The number of aliphatic carboxylic acids is 1. The Morgan fingerprint density at radius 2 is 0.991 bits per heavy atom. The average molecular weight is 1570 g/mol. The number of nitrogens with two attached hydrogens (primary N) is 2. The van der Waals surface area contributed by atoms with E-state index in [1.165, 1.54) is 38.2 Å². The third-order valence-corrected chi connectivity index (χ3v) is 17.8. The highest BCUT2D eigenvalue weighted by atomic mass is 16.5. The van der Waals surface area contributed by atoms with E-state index in [-0.39, 0.29) is 107 Å². The van der Waals surface area contributed by atoms with Gasteiger partial charge in [-0.1, -0.05) is 107 Å². The number of carboxylic acid groups (broad SMARTS) is 1. The topological polar surface area (TPSA) is 564 Å². The van der Waals surface area contributed by atoms with Crippen LogP contribution in [0.25, 0.3) is 10.9 Å².